The van der Waals surface area contributed by atoms with Crippen molar-refractivity contribution < 1.29 is 0 Å². The molecule has 1 aromatic rings. The van der Waals surface area contributed by atoms with Crippen LogP contribution in [-0.2, 0) is 0 Å². The molecule has 1 aliphatic rings. The van der Waals surface area contributed by atoms with Gasteiger partial charge in [-0.25, -0.2) is 9.97 Å². The second-order valence-corrected chi connectivity index (χ2v) is 5.33. The Morgan fingerprint density at radius 1 is 1.47 bits per heavy atom. The van der Waals surface area contributed by atoms with Gasteiger partial charge in [0.2, 0.25) is 0 Å². The summed E-state index contributed by atoms with van der Waals surface area (Å²) in [6.45, 7) is 3.20. The zero-order valence-corrected chi connectivity index (χ0v) is 11.8. The van der Waals surface area contributed by atoms with E-state index in [4.69, 9.17) is 0 Å². The topological polar surface area (TPSA) is 37.8 Å². The van der Waals surface area contributed by atoms with Crippen LogP contribution in [0.2, 0.25) is 0 Å². The van der Waals surface area contributed by atoms with E-state index < -0.39 is 0 Å². The second-order valence-electron chi connectivity index (χ2n) is 4.26. The van der Waals surface area contributed by atoms with Gasteiger partial charge in [-0.2, -0.15) is 0 Å². The van der Waals surface area contributed by atoms with Crippen LogP contribution >= 0.6 is 24.2 Å². The maximum Gasteiger partial charge on any atom is 0.187 e. The van der Waals surface area contributed by atoms with Crippen molar-refractivity contribution in [1.29, 1.82) is 0 Å². The van der Waals surface area contributed by atoms with E-state index in [1.54, 1.807) is 11.8 Å². The molecule has 3 nitrogen and oxygen atoms in total. The zero-order valence-electron chi connectivity index (χ0n) is 10.2. The van der Waals surface area contributed by atoms with Gasteiger partial charge in [0, 0.05) is 23.7 Å². The quantitative estimate of drug-likeness (QED) is 0.676. The molecule has 2 heterocycles. The molecule has 1 fully saturated rings. The maximum absolute atomic E-state index is 4.39. The molecule has 0 bridgehead atoms. The lowest BCUT2D eigenvalue weighted by atomic mass is 10.0. The average molecular weight is 274 g/mol. The van der Waals surface area contributed by atoms with Crippen molar-refractivity contribution in [2.24, 2.45) is 0 Å². The second kappa shape index (κ2) is 7.90. The van der Waals surface area contributed by atoms with Gasteiger partial charge in [0.15, 0.2) is 5.16 Å². The molecule has 1 aromatic heterocycles. The summed E-state index contributed by atoms with van der Waals surface area (Å²) in [6, 6.07) is 2.65. The molecule has 5 heteroatoms. The lowest BCUT2D eigenvalue weighted by Gasteiger charge is -2.22. The van der Waals surface area contributed by atoms with E-state index in [0.29, 0.717) is 6.04 Å². The van der Waals surface area contributed by atoms with Gasteiger partial charge in [-0.1, -0.05) is 18.2 Å². The first-order chi connectivity index (χ1) is 7.84. The van der Waals surface area contributed by atoms with E-state index in [0.717, 1.165) is 16.6 Å². The zero-order chi connectivity index (χ0) is 11.2. The Balaban J connectivity index is 0.00000144. The molecule has 1 atom stereocenters. The summed E-state index contributed by atoms with van der Waals surface area (Å²) in [5.74, 6) is 1.11. The maximum atomic E-state index is 4.39. The predicted octanol–water partition coefficient (Wildman–Crippen LogP) is 2.83. The third-order valence-electron chi connectivity index (χ3n) is 2.88. The molecular formula is C12H20ClN3S. The van der Waals surface area contributed by atoms with Crippen LogP contribution in [0, 0.1) is 6.92 Å². The Bertz CT molecular complexity index is 329. The fourth-order valence-corrected chi connectivity index (χ4v) is 2.89. The average Bonchev–Trinajstić information content (AvgIpc) is 2.30. The summed E-state index contributed by atoms with van der Waals surface area (Å²) >= 11 is 1.77. The number of hydrogen-bond donors (Lipinski definition) is 1. The molecule has 0 amide bonds. The highest BCUT2D eigenvalue weighted by Gasteiger charge is 2.12. The lowest BCUT2D eigenvalue weighted by molar-refractivity contribution is 0.394. The summed E-state index contributed by atoms with van der Waals surface area (Å²) in [5.41, 5.74) is 1.05. The van der Waals surface area contributed by atoms with E-state index in [-0.39, 0.29) is 12.4 Å². The molecule has 2 rings (SSSR count). The number of rotatable bonds is 4. The minimum absolute atomic E-state index is 0. The van der Waals surface area contributed by atoms with Crippen molar-refractivity contribution in [2.45, 2.75) is 43.8 Å². The normalized spacial score (nSPS) is 19.7. The van der Waals surface area contributed by atoms with Crippen molar-refractivity contribution in [3.63, 3.8) is 0 Å². The molecule has 0 aromatic carbocycles. The number of nitrogens with one attached hydrogen (secondary N) is 1. The van der Waals surface area contributed by atoms with Gasteiger partial charge in [0.05, 0.1) is 0 Å². The van der Waals surface area contributed by atoms with Gasteiger partial charge in [-0.3, -0.25) is 0 Å². The summed E-state index contributed by atoms with van der Waals surface area (Å²) < 4.78 is 0. The molecule has 1 unspecified atom stereocenters. The van der Waals surface area contributed by atoms with Gasteiger partial charge in [0.25, 0.3) is 0 Å². The molecule has 0 radical (unpaired) electrons. The summed E-state index contributed by atoms with van der Waals surface area (Å²) in [4.78, 5) is 8.64. The minimum atomic E-state index is 0. The van der Waals surface area contributed by atoms with E-state index in [9.17, 15) is 0 Å². The van der Waals surface area contributed by atoms with Crippen LogP contribution in [0.15, 0.2) is 17.4 Å². The van der Waals surface area contributed by atoms with Gasteiger partial charge in [-0.05, 0) is 38.8 Å². The Labute approximate surface area is 114 Å². The third kappa shape index (κ3) is 5.23. The smallest absolute Gasteiger partial charge is 0.187 e. The van der Waals surface area contributed by atoms with Gasteiger partial charge < -0.3 is 5.32 Å². The Hall–Kier alpha value is -0.320. The number of aromatic nitrogens is 2. The number of aryl methyl sites for hydroxylation is 1. The van der Waals surface area contributed by atoms with Gasteiger partial charge in [0.1, 0.15) is 0 Å². The summed E-state index contributed by atoms with van der Waals surface area (Å²) in [6.07, 6.45) is 7.11. The van der Waals surface area contributed by atoms with E-state index >= 15 is 0 Å². The van der Waals surface area contributed by atoms with E-state index in [1.807, 2.05) is 19.2 Å². The lowest BCUT2D eigenvalue weighted by Crippen LogP contribution is -2.34. The van der Waals surface area contributed by atoms with Crippen molar-refractivity contribution in [3.05, 3.63) is 18.0 Å². The van der Waals surface area contributed by atoms with Crippen molar-refractivity contribution >= 4 is 24.2 Å². The first-order valence-electron chi connectivity index (χ1n) is 6.00. The summed E-state index contributed by atoms with van der Waals surface area (Å²) in [5, 5.41) is 4.48. The van der Waals surface area contributed by atoms with Crippen LogP contribution < -0.4 is 5.32 Å². The van der Waals surface area contributed by atoms with Crippen LogP contribution in [0.4, 0.5) is 0 Å². The molecule has 1 N–H and O–H groups in total. The molecule has 1 aliphatic heterocycles. The largest absolute Gasteiger partial charge is 0.314 e. The number of hydrogen-bond acceptors (Lipinski definition) is 4. The number of nitrogens with zero attached hydrogens (tertiary/aromatic N) is 2. The fraction of sp³-hybridized carbons (Fsp3) is 0.667. The van der Waals surface area contributed by atoms with E-state index in [1.165, 1.54) is 32.2 Å². The molecule has 17 heavy (non-hydrogen) atoms. The Kier molecular flexibility index (Phi) is 6.85. The fourth-order valence-electron chi connectivity index (χ4n) is 1.96. The van der Waals surface area contributed by atoms with Crippen LogP contribution in [0.5, 0.6) is 0 Å². The van der Waals surface area contributed by atoms with Gasteiger partial charge >= 0.3 is 0 Å². The van der Waals surface area contributed by atoms with Crippen LogP contribution in [0.3, 0.4) is 0 Å². The number of halogens is 1. The van der Waals surface area contributed by atoms with Crippen molar-refractivity contribution in [1.82, 2.24) is 15.3 Å². The highest BCUT2D eigenvalue weighted by atomic mass is 35.5. The summed E-state index contributed by atoms with van der Waals surface area (Å²) in [7, 11) is 0. The van der Waals surface area contributed by atoms with Gasteiger partial charge in [-0.15, -0.1) is 12.4 Å². The standard InChI is InChI=1S/C12H19N3S.ClH/c1-10-5-8-14-12(15-10)16-9-6-11-4-2-3-7-13-11;/h5,8,11,13H,2-4,6-7,9H2,1H3;1H. The predicted molar refractivity (Wildman–Crippen MR) is 75.0 cm³/mol. The van der Waals surface area contributed by atoms with E-state index in [2.05, 4.69) is 15.3 Å². The molecule has 0 aliphatic carbocycles. The highest BCUT2D eigenvalue weighted by molar-refractivity contribution is 7.99. The highest BCUT2D eigenvalue weighted by Crippen LogP contribution is 2.17. The molecule has 1 saturated heterocycles. The van der Waals surface area contributed by atoms with Crippen LogP contribution in [0.25, 0.3) is 0 Å². The Morgan fingerprint density at radius 2 is 2.35 bits per heavy atom. The molecule has 96 valence electrons. The first kappa shape index (κ1) is 14.7. The van der Waals surface area contributed by atoms with Crippen LogP contribution in [0.1, 0.15) is 31.4 Å². The number of thioether (sulfide) groups is 1. The van der Waals surface area contributed by atoms with Crippen molar-refractivity contribution in [3.8, 4) is 0 Å². The third-order valence-corrected chi connectivity index (χ3v) is 3.78. The molecular weight excluding hydrogens is 254 g/mol. The monoisotopic (exact) mass is 273 g/mol. The molecule has 0 spiro atoms. The SMILES string of the molecule is Cc1ccnc(SCCC2CCCCN2)n1.Cl. The Morgan fingerprint density at radius 3 is 3.06 bits per heavy atom. The molecule has 0 saturated carbocycles. The van der Waals surface area contributed by atoms with Crippen LogP contribution in [-0.4, -0.2) is 28.3 Å². The minimum Gasteiger partial charge on any atom is -0.314 e. The number of piperidine rings is 1. The van der Waals surface area contributed by atoms with Crippen molar-refractivity contribution in [2.75, 3.05) is 12.3 Å². The first-order valence-corrected chi connectivity index (χ1v) is 6.99.